The molecule has 4 N–H and O–H groups in total. The SMILES string of the molecule is Nc1nc2c(NCc3ccc4c(c3)OCO4)ccc(C(=O)O)n2n1. The Morgan fingerprint density at radius 3 is 2.96 bits per heavy atom. The van der Waals surface area contributed by atoms with E-state index in [1.165, 1.54) is 10.6 Å². The number of carbonyl (C=O) groups is 1. The van der Waals surface area contributed by atoms with Gasteiger partial charge in [-0.25, -0.2) is 9.31 Å². The summed E-state index contributed by atoms with van der Waals surface area (Å²) in [5, 5.41) is 16.3. The third-order valence-electron chi connectivity index (χ3n) is 3.64. The number of carboxylic acid groups (broad SMARTS) is 1. The van der Waals surface area contributed by atoms with Gasteiger partial charge in [0.1, 0.15) is 0 Å². The van der Waals surface area contributed by atoms with Gasteiger partial charge in [0.25, 0.3) is 0 Å². The second-order valence-corrected chi connectivity index (χ2v) is 5.18. The molecule has 3 heterocycles. The summed E-state index contributed by atoms with van der Waals surface area (Å²) in [5.41, 5.74) is 7.55. The first-order valence-corrected chi connectivity index (χ1v) is 7.13. The van der Waals surface area contributed by atoms with Crippen LogP contribution in [0.1, 0.15) is 16.1 Å². The molecule has 9 heteroatoms. The maximum atomic E-state index is 11.2. The van der Waals surface area contributed by atoms with Crippen LogP contribution in [0.3, 0.4) is 0 Å². The number of benzene rings is 1. The first kappa shape index (κ1) is 14.1. The van der Waals surface area contributed by atoms with Crippen molar-refractivity contribution in [3.8, 4) is 11.5 Å². The zero-order chi connectivity index (χ0) is 16.7. The van der Waals surface area contributed by atoms with Crippen LogP contribution in [0.5, 0.6) is 11.5 Å². The Morgan fingerprint density at radius 1 is 1.29 bits per heavy atom. The van der Waals surface area contributed by atoms with E-state index in [-0.39, 0.29) is 18.4 Å². The minimum Gasteiger partial charge on any atom is -0.477 e. The van der Waals surface area contributed by atoms with Crippen LogP contribution in [0.4, 0.5) is 11.6 Å². The number of nitrogens with two attached hydrogens (primary N) is 1. The molecule has 0 fully saturated rings. The van der Waals surface area contributed by atoms with Crippen molar-refractivity contribution >= 4 is 23.3 Å². The fourth-order valence-corrected chi connectivity index (χ4v) is 2.53. The van der Waals surface area contributed by atoms with E-state index in [4.69, 9.17) is 15.2 Å². The van der Waals surface area contributed by atoms with Crippen molar-refractivity contribution in [2.24, 2.45) is 0 Å². The maximum absolute atomic E-state index is 11.2. The Balaban J connectivity index is 1.63. The van der Waals surface area contributed by atoms with E-state index in [1.54, 1.807) is 6.07 Å². The molecule has 1 aromatic carbocycles. The van der Waals surface area contributed by atoms with Crippen LogP contribution in [0.2, 0.25) is 0 Å². The molecular weight excluding hydrogens is 314 g/mol. The van der Waals surface area contributed by atoms with E-state index in [9.17, 15) is 9.90 Å². The minimum atomic E-state index is -1.10. The molecular formula is C15H13N5O4. The zero-order valence-electron chi connectivity index (χ0n) is 12.4. The summed E-state index contributed by atoms with van der Waals surface area (Å²) in [6, 6.07) is 8.74. The Kier molecular flexibility index (Phi) is 3.12. The number of aromatic nitrogens is 3. The molecule has 0 unspecified atom stereocenters. The van der Waals surface area contributed by atoms with Crippen LogP contribution < -0.4 is 20.5 Å². The number of fused-ring (bicyclic) bond motifs is 2. The molecule has 0 atom stereocenters. The number of carboxylic acids is 1. The molecule has 0 spiro atoms. The van der Waals surface area contributed by atoms with Crippen molar-refractivity contribution in [3.05, 3.63) is 41.6 Å². The molecule has 0 amide bonds. The lowest BCUT2D eigenvalue weighted by Crippen LogP contribution is -2.09. The molecule has 1 aliphatic heterocycles. The van der Waals surface area contributed by atoms with E-state index >= 15 is 0 Å². The molecule has 3 aromatic rings. The van der Waals surface area contributed by atoms with Crippen molar-refractivity contribution in [1.82, 2.24) is 14.6 Å². The van der Waals surface area contributed by atoms with E-state index in [1.807, 2.05) is 18.2 Å². The van der Waals surface area contributed by atoms with E-state index in [2.05, 4.69) is 15.4 Å². The molecule has 0 radical (unpaired) electrons. The number of pyridine rings is 1. The number of anilines is 2. The highest BCUT2D eigenvalue weighted by molar-refractivity contribution is 5.88. The van der Waals surface area contributed by atoms with Gasteiger partial charge in [0, 0.05) is 6.54 Å². The van der Waals surface area contributed by atoms with Crippen molar-refractivity contribution in [2.45, 2.75) is 6.54 Å². The van der Waals surface area contributed by atoms with E-state index < -0.39 is 5.97 Å². The number of nitrogens with one attached hydrogen (secondary N) is 1. The van der Waals surface area contributed by atoms with E-state index in [0.29, 0.717) is 23.6 Å². The summed E-state index contributed by atoms with van der Waals surface area (Å²) in [7, 11) is 0. The number of aromatic carboxylic acids is 1. The summed E-state index contributed by atoms with van der Waals surface area (Å²) in [6.45, 7) is 0.716. The van der Waals surface area contributed by atoms with Gasteiger partial charge in [-0.1, -0.05) is 6.07 Å². The van der Waals surface area contributed by atoms with E-state index in [0.717, 1.165) is 11.3 Å². The number of rotatable bonds is 4. The lowest BCUT2D eigenvalue weighted by Gasteiger charge is -2.09. The summed E-state index contributed by atoms with van der Waals surface area (Å²) in [4.78, 5) is 15.3. The fraction of sp³-hybridized carbons (Fsp3) is 0.133. The van der Waals surface area contributed by atoms with Crippen LogP contribution in [-0.4, -0.2) is 32.5 Å². The third-order valence-corrected chi connectivity index (χ3v) is 3.64. The molecule has 0 aliphatic carbocycles. The Bertz CT molecular complexity index is 952. The molecule has 24 heavy (non-hydrogen) atoms. The predicted octanol–water partition coefficient (Wildman–Crippen LogP) is 1.35. The summed E-state index contributed by atoms with van der Waals surface area (Å²) >= 11 is 0. The van der Waals surface area contributed by atoms with Gasteiger partial charge in [-0.2, -0.15) is 4.98 Å². The molecule has 9 nitrogen and oxygen atoms in total. The average Bonchev–Trinajstić information content (AvgIpc) is 3.17. The van der Waals surface area contributed by atoms with Gasteiger partial charge in [0.2, 0.25) is 12.7 Å². The third kappa shape index (κ3) is 2.32. The first-order chi connectivity index (χ1) is 11.6. The van der Waals surface area contributed by atoms with Gasteiger partial charge in [0.05, 0.1) is 5.69 Å². The van der Waals surface area contributed by atoms with Crippen LogP contribution in [0.25, 0.3) is 5.65 Å². The predicted molar refractivity (Wildman–Crippen MR) is 84.3 cm³/mol. The second kappa shape index (κ2) is 5.30. The van der Waals surface area contributed by atoms with Gasteiger partial charge >= 0.3 is 5.97 Å². The van der Waals surface area contributed by atoms with Gasteiger partial charge in [-0.15, -0.1) is 5.10 Å². The van der Waals surface area contributed by atoms with Gasteiger partial charge in [0.15, 0.2) is 22.8 Å². The Hall–Kier alpha value is -3.49. The lowest BCUT2D eigenvalue weighted by atomic mass is 10.2. The highest BCUT2D eigenvalue weighted by Crippen LogP contribution is 2.32. The largest absolute Gasteiger partial charge is 0.477 e. The number of hydrogen-bond acceptors (Lipinski definition) is 7. The molecule has 0 bridgehead atoms. The smallest absolute Gasteiger partial charge is 0.354 e. The minimum absolute atomic E-state index is 0.00910. The molecule has 2 aromatic heterocycles. The lowest BCUT2D eigenvalue weighted by molar-refractivity contribution is 0.0687. The Morgan fingerprint density at radius 2 is 2.12 bits per heavy atom. The van der Waals surface area contributed by atoms with Crippen molar-refractivity contribution < 1.29 is 19.4 Å². The van der Waals surface area contributed by atoms with Crippen molar-refractivity contribution in [3.63, 3.8) is 0 Å². The molecule has 4 rings (SSSR count). The highest BCUT2D eigenvalue weighted by Gasteiger charge is 2.16. The van der Waals surface area contributed by atoms with Gasteiger partial charge < -0.3 is 25.6 Å². The maximum Gasteiger partial charge on any atom is 0.354 e. The first-order valence-electron chi connectivity index (χ1n) is 7.13. The van der Waals surface area contributed by atoms with Crippen molar-refractivity contribution in [1.29, 1.82) is 0 Å². The number of nitrogen functional groups attached to an aromatic ring is 1. The molecule has 1 aliphatic rings. The van der Waals surface area contributed by atoms with Gasteiger partial charge in [-0.05, 0) is 29.8 Å². The van der Waals surface area contributed by atoms with Crippen molar-refractivity contribution in [2.75, 3.05) is 17.8 Å². The fourth-order valence-electron chi connectivity index (χ4n) is 2.53. The topological polar surface area (TPSA) is 124 Å². The number of ether oxygens (including phenoxy) is 2. The van der Waals surface area contributed by atoms with Crippen LogP contribution in [-0.2, 0) is 6.54 Å². The molecule has 122 valence electrons. The average molecular weight is 327 g/mol. The normalized spacial score (nSPS) is 12.5. The summed E-state index contributed by atoms with van der Waals surface area (Å²) in [5.74, 6) is 0.326. The number of hydrogen-bond donors (Lipinski definition) is 3. The molecule has 0 saturated carbocycles. The van der Waals surface area contributed by atoms with Crippen LogP contribution in [0.15, 0.2) is 30.3 Å². The van der Waals surface area contributed by atoms with Gasteiger partial charge in [-0.3, -0.25) is 0 Å². The number of nitrogens with zero attached hydrogens (tertiary/aromatic N) is 3. The zero-order valence-corrected chi connectivity index (χ0v) is 12.4. The summed E-state index contributed by atoms with van der Waals surface area (Å²) < 4.78 is 11.8. The van der Waals surface area contributed by atoms with Crippen LogP contribution in [0, 0.1) is 0 Å². The quantitative estimate of drug-likeness (QED) is 0.656. The Labute approximate surface area is 135 Å². The second-order valence-electron chi connectivity index (χ2n) is 5.18. The molecule has 0 saturated heterocycles. The van der Waals surface area contributed by atoms with Crippen LogP contribution >= 0.6 is 0 Å². The summed E-state index contributed by atoms with van der Waals surface area (Å²) in [6.07, 6.45) is 0. The standard InChI is InChI=1S/C15H13N5O4/c16-15-18-13-9(2-3-10(14(21)22)20(13)19-15)17-6-8-1-4-11-12(5-8)24-7-23-11/h1-5,17H,6-7H2,(H2,16,19)(H,21,22). The highest BCUT2D eigenvalue weighted by atomic mass is 16.7. The monoisotopic (exact) mass is 327 g/mol.